The molecule has 0 unspecified atom stereocenters. The minimum absolute atomic E-state index is 0. The van der Waals surface area contributed by atoms with Crippen LogP contribution in [0, 0.1) is 0 Å². The van der Waals surface area contributed by atoms with Crippen LogP contribution in [-0.2, 0) is 0 Å². The average molecular weight is 306 g/mol. The Kier molecular flexibility index (Phi) is 9.70. The van der Waals surface area contributed by atoms with Crippen LogP contribution in [0.3, 0.4) is 0 Å². The van der Waals surface area contributed by atoms with Crippen LogP contribution in [0.15, 0.2) is 42.5 Å². The summed E-state index contributed by atoms with van der Waals surface area (Å²) in [5.41, 5.74) is 0.888. The number of Topliss-reactive ketones (excluding diaryl/α,β-unsaturated/α-hetero) is 1. The predicted molar refractivity (Wildman–Crippen MR) is 92.0 cm³/mol. The SMILES string of the molecule is CCCCCCCCCC(=O)c1cccc2ccccc12.[H-].[Na+]. The quantitative estimate of drug-likeness (QED) is 0.395. The summed E-state index contributed by atoms with van der Waals surface area (Å²) in [6.45, 7) is 2.24. The summed E-state index contributed by atoms with van der Waals surface area (Å²) in [4.78, 5) is 12.4. The van der Waals surface area contributed by atoms with Gasteiger partial charge in [0.15, 0.2) is 5.78 Å². The number of carbonyl (C=O) groups excluding carboxylic acids is 1. The molecule has 0 saturated heterocycles. The standard InChI is InChI=1S/C20H26O.Na.H/c1-2-3-4-5-6-7-8-16-20(21)19-15-11-13-17-12-9-10-14-18(17)19;;/h9-15H,2-8,16H2,1H3;;/q;+1;-1. The number of rotatable bonds is 9. The van der Waals surface area contributed by atoms with Crippen LogP contribution >= 0.6 is 0 Å². The van der Waals surface area contributed by atoms with Crippen molar-refractivity contribution in [3.63, 3.8) is 0 Å². The van der Waals surface area contributed by atoms with Crippen molar-refractivity contribution in [1.82, 2.24) is 0 Å². The molecule has 0 saturated carbocycles. The molecule has 0 atom stereocenters. The molecule has 0 aliphatic heterocycles. The van der Waals surface area contributed by atoms with Gasteiger partial charge in [0.2, 0.25) is 0 Å². The van der Waals surface area contributed by atoms with E-state index in [1.54, 1.807) is 0 Å². The summed E-state index contributed by atoms with van der Waals surface area (Å²) < 4.78 is 0. The summed E-state index contributed by atoms with van der Waals surface area (Å²) in [6.07, 6.45) is 9.44. The zero-order valence-corrected chi connectivity index (χ0v) is 16.1. The van der Waals surface area contributed by atoms with Gasteiger partial charge in [-0.05, 0) is 17.2 Å². The van der Waals surface area contributed by atoms with Crippen LogP contribution in [0.1, 0.15) is 70.1 Å². The summed E-state index contributed by atoms with van der Waals surface area (Å²) in [6, 6.07) is 14.2. The number of ketones is 1. The van der Waals surface area contributed by atoms with Gasteiger partial charge in [-0.3, -0.25) is 4.79 Å². The molecule has 0 N–H and O–H groups in total. The topological polar surface area (TPSA) is 17.1 Å². The first-order valence-corrected chi connectivity index (χ1v) is 8.34. The molecule has 2 heteroatoms. The minimum atomic E-state index is 0. The fourth-order valence-corrected chi connectivity index (χ4v) is 2.85. The molecule has 2 aromatic carbocycles. The molecular weight excluding hydrogens is 279 g/mol. The molecule has 0 aliphatic carbocycles. The minimum Gasteiger partial charge on any atom is -1.00 e. The normalized spacial score (nSPS) is 10.4. The smallest absolute Gasteiger partial charge is 1.00 e. The number of benzene rings is 2. The van der Waals surface area contributed by atoms with Gasteiger partial charge >= 0.3 is 29.6 Å². The molecule has 0 aromatic heterocycles. The zero-order chi connectivity index (χ0) is 14.9. The number of fused-ring (bicyclic) bond motifs is 1. The van der Waals surface area contributed by atoms with E-state index in [1.165, 1.54) is 38.5 Å². The predicted octanol–water partition coefficient (Wildman–Crippen LogP) is 3.28. The number of hydrogen-bond acceptors (Lipinski definition) is 1. The van der Waals surface area contributed by atoms with Gasteiger partial charge in [-0.1, -0.05) is 87.9 Å². The van der Waals surface area contributed by atoms with Gasteiger partial charge in [-0.25, -0.2) is 0 Å². The maximum Gasteiger partial charge on any atom is 1.00 e. The first-order valence-electron chi connectivity index (χ1n) is 8.34. The monoisotopic (exact) mass is 306 g/mol. The Morgan fingerprint density at radius 2 is 1.50 bits per heavy atom. The van der Waals surface area contributed by atoms with E-state index in [9.17, 15) is 4.79 Å². The second-order valence-corrected chi connectivity index (χ2v) is 5.82. The van der Waals surface area contributed by atoms with Crippen LogP contribution in [0.4, 0.5) is 0 Å². The molecule has 114 valence electrons. The molecule has 22 heavy (non-hydrogen) atoms. The van der Waals surface area contributed by atoms with Crippen molar-refractivity contribution in [3.8, 4) is 0 Å². The third kappa shape index (κ3) is 5.87. The van der Waals surface area contributed by atoms with E-state index in [-0.39, 0.29) is 31.0 Å². The van der Waals surface area contributed by atoms with Crippen molar-refractivity contribution < 1.29 is 35.8 Å². The Bertz CT molecular complexity index is 577. The molecule has 2 aromatic rings. The van der Waals surface area contributed by atoms with Crippen molar-refractivity contribution >= 4 is 16.6 Å². The molecule has 0 fully saturated rings. The van der Waals surface area contributed by atoms with E-state index in [1.807, 2.05) is 30.3 Å². The first kappa shape index (κ1) is 19.4. The van der Waals surface area contributed by atoms with E-state index in [2.05, 4.69) is 19.1 Å². The van der Waals surface area contributed by atoms with Crippen molar-refractivity contribution in [1.29, 1.82) is 0 Å². The van der Waals surface area contributed by atoms with E-state index < -0.39 is 0 Å². The van der Waals surface area contributed by atoms with Crippen LogP contribution in [-0.4, -0.2) is 5.78 Å². The van der Waals surface area contributed by atoms with Gasteiger partial charge in [0.25, 0.3) is 0 Å². The Hall–Kier alpha value is -0.630. The maximum absolute atomic E-state index is 12.4. The largest absolute Gasteiger partial charge is 1.00 e. The Labute approximate surface area is 158 Å². The molecule has 0 aliphatic rings. The first-order chi connectivity index (χ1) is 10.3. The van der Waals surface area contributed by atoms with Crippen molar-refractivity contribution in [3.05, 3.63) is 48.0 Å². The Balaban J connectivity index is 0.00000242. The van der Waals surface area contributed by atoms with Gasteiger partial charge in [-0.15, -0.1) is 0 Å². The van der Waals surface area contributed by atoms with Crippen molar-refractivity contribution in [2.75, 3.05) is 0 Å². The van der Waals surface area contributed by atoms with Gasteiger partial charge < -0.3 is 1.43 Å². The van der Waals surface area contributed by atoms with Crippen LogP contribution in [0.2, 0.25) is 0 Å². The van der Waals surface area contributed by atoms with E-state index >= 15 is 0 Å². The average Bonchev–Trinajstić information content (AvgIpc) is 2.53. The molecule has 0 spiro atoms. The Morgan fingerprint density at radius 1 is 0.864 bits per heavy atom. The van der Waals surface area contributed by atoms with E-state index in [4.69, 9.17) is 0 Å². The second kappa shape index (κ2) is 11.0. The third-order valence-corrected chi connectivity index (χ3v) is 4.10. The third-order valence-electron chi connectivity index (χ3n) is 4.10. The maximum atomic E-state index is 12.4. The van der Waals surface area contributed by atoms with Gasteiger partial charge in [0.05, 0.1) is 0 Å². The molecule has 0 amide bonds. The molecule has 0 heterocycles. The Morgan fingerprint density at radius 3 is 2.27 bits per heavy atom. The van der Waals surface area contributed by atoms with Crippen molar-refractivity contribution in [2.24, 2.45) is 0 Å². The molecule has 0 radical (unpaired) electrons. The van der Waals surface area contributed by atoms with Crippen LogP contribution in [0.25, 0.3) is 10.8 Å². The molecular formula is C20H27NaO. The summed E-state index contributed by atoms with van der Waals surface area (Å²) in [5.74, 6) is 0.292. The fraction of sp³-hybridized carbons (Fsp3) is 0.450. The van der Waals surface area contributed by atoms with Crippen molar-refractivity contribution in [2.45, 2.75) is 58.3 Å². The fourth-order valence-electron chi connectivity index (χ4n) is 2.85. The molecule has 1 nitrogen and oxygen atoms in total. The molecule has 2 rings (SSSR count). The number of hydrogen-bond donors (Lipinski definition) is 0. The van der Waals surface area contributed by atoms with E-state index in [0.717, 1.165) is 22.8 Å². The second-order valence-electron chi connectivity index (χ2n) is 5.82. The van der Waals surface area contributed by atoms with Crippen LogP contribution in [0.5, 0.6) is 0 Å². The van der Waals surface area contributed by atoms with Gasteiger partial charge in [0.1, 0.15) is 0 Å². The summed E-state index contributed by atoms with van der Waals surface area (Å²) in [7, 11) is 0. The van der Waals surface area contributed by atoms with Gasteiger partial charge in [-0.2, -0.15) is 0 Å². The molecule has 0 bridgehead atoms. The number of unbranched alkanes of at least 4 members (excludes halogenated alkanes) is 6. The summed E-state index contributed by atoms with van der Waals surface area (Å²) >= 11 is 0. The van der Waals surface area contributed by atoms with Gasteiger partial charge in [0, 0.05) is 12.0 Å². The summed E-state index contributed by atoms with van der Waals surface area (Å²) in [5, 5.41) is 2.25. The zero-order valence-electron chi connectivity index (χ0n) is 15.1. The van der Waals surface area contributed by atoms with E-state index in [0.29, 0.717) is 12.2 Å². The van der Waals surface area contributed by atoms with Crippen LogP contribution < -0.4 is 29.6 Å². The number of carbonyl (C=O) groups is 1.